The van der Waals surface area contributed by atoms with Gasteiger partial charge in [0.2, 0.25) is 5.91 Å². The lowest BCUT2D eigenvalue weighted by molar-refractivity contribution is -0.122. The average molecular weight is 272 g/mol. The summed E-state index contributed by atoms with van der Waals surface area (Å²) in [5, 5.41) is 6.24. The number of hydrogen-bond acceptors (Lipinski definition) is 4. The molecule has 0 rings (SSSR count). The first-order valence-corrected chi connectivity index (χ1v) is 7.66. The van der Waals surface area contributed by atoms with Crippen molar-refractivity contribution in [1.29, 1.82) is 0 Å². The van der Waals surface area contributed by atoms with E-state index in [1.807, 2.05) is 0 Å². The molecule has 5 nitrogen and oxygen atoms in total. The maximum Gasteiger partial charge on any atom is 0.236 e. The van der Waals surface area contributed by atoms with Gasteiger partial charge in [-0.25, -0.2) is 0 Å². The maximum absolute atomic E-state index is 11.6. The normalized spacial score (nSPS) is 12.4. The number of carbonyl (C=O) groups is 1. The number of amides is 1. The Morgan fingerprint density at radius 1 is 1.05 bits per heavy atom. The van der Waals surface area contributed by atoms with Gasteiger partial charge in [-0.15, -0.1) is 0 Å². The van der Waals surface area contributed by atoms with Gasteiger partial charge in [0, 0.05) is 6.54 Å². The monoisotopic (exact) mass is 272 g/mol. The van der Waals surface area contributed by atoms with Crippen LogP contribution in [-0.2, 0) is 4.79 Å². The van der Waals surface area contributed by atoms with Crippen LogP contribution in [0.3, 0.4) is 0 Å². The fourth-order valence-corrected chi connectivity index (χ4v) is 1.82. The number of rotatable bonds is 13. The van der Waals surface area contributed by atoms with Crippen LogP contribution in [0.5, 0.6) is 0 Å². The largest absolute Gasteiger partial charge is 0.355 e. The van der Waals surface area contributed by atoms with E-state index >= 15 is 0 Å². The fourth-order valence-electron chi connectivity index (χ4n) is 1.82. The molecule has 0 radical (unpaired) electrons. The lowest BCUT2D eigenvalue weighted by Gasteiger charge is -2.12. The molecule has 1 atom stereocenters. The summed E-state index contributed by atoms with van der Waals surface area (Å²) in [5.41, 5.74) is 11.2. The Bertz CT molecular complexity index is 212. The van der Waals surface area contributed by atoms with Crippen LogP contribution in [0.1, 0.15) is 51.9 Å². The summed E-state index contributed by atoms with van der Waals surface area (Å²) in [4.78, 5) is 11.6. The van der Waals surface area contributed by atoms with Crippen molar-refractivity contribution >= 4 is 5.91 Å². The van der Waals surface area contributed by atoms with E-state index in [0.29, 0.717) is 13.1 Å². The molecule has 5 heteroatoms. The summed E-state index contributed by atoms with van der Waals surface area (Å²) in [7, 11) is 0. The number of nitrogens with one attached hydrogen (secondary N) is 2. The van der Waals surface area contributed by atoms with E-state index in [0.717, 1.165) is 38.8 Å². The zero-order valence-electron chi connectivity index (χ0n) is 12.4. The first-order chi connectivity index (χ1) is 9.22. The predicted octanol–water partition coefficient (Wildman–Crippen LogP) is 0.729. The van der Waals surface area contributed by atoms with Crippen LogP contribution in [0.15, 0.2) is 0 Å². The van der Waals surface area contributed by atoms with Crippen LogP contribution < -0.4 is 22.1 Å². The molecule has 0 bridgehead atoms. The highest BCUT2D eigenvalue weighted by Gasteiger charge is 2.11. The molecule has 0 aromatic heterocycles. The highest BCUT2D eigenvalue weighted by Crippen LogP contribution is 1.97. The molecule has 0 aliphatic carbocycles. The highest BCUT2D eigenvalue weighted by atomic mass is 16.2. The van der Waals surface area contributed by atoms with Crippen molar-refractivity contribution in [2.45, 2.75) is 57.9 Å². The van der Waals surface area contributed by atoms with Gasteiger partial charge in [-0.2, -0.15) is 0 Å². The van der Waals surface area contributed by atoms with E-state index in [9.17, 15) is 4.79 Å². The van der Waals surface area contributed by atoms with E-state index in [2.05, 4.69) is 17.6 Å². The molecule has 0 heterocycles. The number of unbranched alkanes of at least 4 members (excludes halogenated alkanes) is 3. The van der Waals surface area contributed by atoms with E-state index in [-0.39, 0.29) is 11.9 Å². The van der Waals surface area contributed by atoms with Gasteiger partial charge in [-0.3, -0.25) is 4.79 Å². The Labute approximate surface area is 117 Å². The molecular weight excluding hydrogens is 240 g/mol. The van der Waals surface area contributed by atoms with Crippen molar-refractivity contribution in [2.24, 2.45) is 11.5 Å². The van der Waals surface area contributed by atoms with Gasteiger partial charge in [-0.1, -0.05) is 26.2 Å². The van der Waals surface area contributed by atoms with Crippen molar-refractivity contribution < 1.29 is 4.79 Å². The Balaban J connectivity index is 3.32. The molecule has 0 spiro atoms. The minimum atomic E-state index is -0.385. The lowest BCUT2D eigenvalue weighted by Crippen LogP contribution is -2.41. The topological polar surface area (TPSA) is 93.2 Å². The van der Waals surface area contributed by atoms with Crippen molar-refractivity contribution in [3.05, 3.63) is 0 Å². The molecule has 0 fully saturated rings. The first kappa shape index (κ1) is 18.4. The summed E-state index contributed by atoms with van der Waals surface area (Å²) in [6.07, 6.45) is 7.29. The standard InChI is InChI=1S/C14H32N4O/c1-2-3-6-10-17-11-7-12-18-14(19)13(16)8-4-5-9-15/h13,17H,2-12,15-16H2,1H3,(H,18,19). The van der Waals surface area contributed by atoms with Crippen molar-refractivity contribution in [3.63, 3.8) is 0 Å². The SMILES string of the molecule is CCCCCNCCCNC(=O)C(N)CCCCN. The van der Waals surface area contributed by atoms with Crippen LogP contribution in [0.2, 0.25) is 0 Å². The molecule has 1 unspecified atom stereocenters. The van der Waals surface area contributed by atoms with Crippen LogP contribution in [-0.4, -0.2) is 38.1 Å². The predicted molar refractivity (Wildman–Crippen MR) is 80.9 cm³/mol. The number of nitrogens with two attached hydrogens (primary N) is 2. The van der Waals surface area contributed by atoms with Gasteiger partial charge in [-0.05, 0) is 45.3 Å². The number of carbonyl (C=O) groups excluding carboxylic acids is 1. The maximum atomic E-state index is 11.6. The highest BCUT2D eigenvalue weighted by molar-refractivity contribution is 5.81. The summed E-state index contributed by atoms with van der Waals surface area (Å²) in [6, 6.07) is -0.385. The molecule has 0 aromatic rings. The van der Waals surface area contributed by atoms with Gasteiger partial charge in [0.25, 0.3) is 0 Å². The number of hydrogen-bond donors (Lipinski definition) is 4. The zero-order valence-corrected chi connectivity index (χ0v) is 12.4. The quantitative estimate of drug-likeness (QED) is 0.372. The summed E-state index contributed by atoms with van der Waals surface area (Å²) >= 11 is 0. The van der Waals surface area contributed by atoms with Gasteiger partial charge < -0.3 is 22.1 Å². The second-order valence-electron chi connectivity index (χ2n) is 4.99. The second kappa shape index (κ2) is 13.8. The van der Waals surface area contributed by atoms with Crippen molar-refractivity contribution in [3.8, 4) is 0 Å². The molecule has 1 amide bonds. The first-order valence-electron chi connectivity index (χ1n) is 7.66. The summed E-state index contributed by atoms with van der Waals surface area (Å²) in [5.74, 6) is -0.0389. The Kier molecular flexibility index (Phi) is 13.3. The Hall–Kier alpha value is -0.650. The smallest absolute Gasteiger partial charge is 0.236 e. The Morgan fingerprint density at radius 2 is 1.79 bits per heavy atom. The third-order valence-electron chi connectivity index (χ3n) is 3.09. The molecule has 114 valence electrons. The molecule has 6 N–H and O–H groups in total. The molecule has 0 aliphatic rings. The Morgan fingerprint density at radius 3 is 2.47 bits per heavy atom. The van der Waals surface area contributed by atoms with Crippen molar-refractivity contribution in [2.75, 3.05) is 26.2 Å². The molecular formula is C14H32N4O. The third kappa shape index (κ3) is 12.1. The molecule has 0 saturated heterocycles. The second-order valence-corrected chi connectivity index (χ2v) is 4.99. The van der Waals surface area contributed by atoms with Gasteiger partial charge in [0.1, 0.15) is 0 Å². The van der Waals surface area contributed by atoms with Gasteiger partial charge in [0.15, 0.2) is 0 Å². The van der Waals surface area contributed by atoms with E-state index in [4.69, 9.17) is 11.5 Å². The summed E-state index contributed by atoms with van der Waals surface area (Å²) in [6.45, 7) is 5.58. The third-order valence-corrected chi connectivity index (χ3v) is 3.09. The fraction of sp³-hybridized carbons (Fsp3) is 0.929. The lowest BCUT2D eigenvalue weighted by atomic mass is 10.1. The van der Waals surface area contributed by atoms with E-state index in [1.54, 1.807) is 0 Å². The zero-order chi connectivity index (χ0) is 14.3. The minimum Gasteiger partial charge on any atom is -0.355 e. The minimum absolute atomic E-state index is 0.0389. The molecule has 19 heavy (non-hydrogen) atoms. The van der Waals surface area contributed by atoms with Crippen LogP contribution >= 0.6 is 0 Å². The average Bonchev–Trinajstić information content (AvgIpc) is 2.41. The molecule has 0 aliphatic heterocycles. The molecule has 0 saturated carbocycles. The van der Waals surface area contributed by atoms with E-state index < -0.39 is 0 Å². The van der Waals surface area contributed by atoms with Crippen LogP contribution in [0.25, 0.3) is 0 Å². The van der Waals surface area contributed by atoms with Gasteiger partial charge >= 0.3 is 0 Å². The van der Waals surface area contributed by atoms with Crippen LogP contribution in [0.4, 0.5) is 0 Å². The van der Waals surface area contributed by atoms with Crippen LogP contribution in [0, 0.1) is 0 Å². The van der Waals surface area contributed by atoms with Crippen molar-refractivity contribution in [1.82, 2.24) is 10.6 Å². The van der Waals surface area contributed by atoms with E-state index in [1.165, 1.54) is 19.3 Å². The van der Waals surface area contributed by atoms with Gasteiger partial charge in [0.05, 0.1) is 6.04 Å². The summed E-state index contributed by atoms with van der Waals surface area (Å²) < 4.78 is 0. The molecule has 0 aromatic carbocycles.